The maximum absolute atomic E-state index is 4.60. The van der Waals surface area contributed by atoms with Crippen LogP contribution < -0.4 is 4.90 Å². The zero-order chi connectivity index (χ0) is 11.7. The minimum atomic E-state index is 0.644. The number of hydrogen-bond donors (Lipinski definition) is 0. The summed E-state index contributed by atoms with van der Waals surface area (Å²) in [5.41, 5.74) is 1.30. The highest BCUT2D eigenvalue weighted by molar-refractivity contribution is 7.09. The largest absolute Gasteiger partial charge is 0.346 e. The van der Waals surface area contributed by atoms with Gasteiger partial charge in [0.25, 0.3) is 0 Å². The van der Waals surface area contributed by atoms with E-state index in [1.54, 1.807) is 0 Å². The Hall–Kier alpha value is -1.42. The van der Waals surface area contributed by atoms with Crippen LogP contribution in [0.1, 0.15) is 30.1 Å². The van der Waals surface area contributed by atoms with Crippen LogP contribution in [-0.4, -0.2) is 16.4 Å². The van der Waals surface area contributed by atoms with E-state index in [0.717, 1.165) is 17.5 Å². The van der Waals surface area contributed by atoms with Gasteiger partial charge in [-0.05, 0) is 18.4 Å². The lowest BCUT2D eigenvalue weighted by Gasteiger charge is -2.14. The van der Waals surface area contributed by atoms with Gasteiger partial charge in [-0.2, -0.15) is 4.37 Å². The highest BCUT2D eigenvalue weighted by Crippen LogP contribution is 2.39. The van der Waals surface area contributed by atoms with Gasteiger partial charge in [0.05, 0.1) is 0 Å². The summed E-state index contributed by atoms with van der Waals surface area (Å²) in [5, 5.41) is 1.02. The van der Waals surface area contributed by atoms with Gasteiger partial charge in [-0.1, -0.05) is 30.3 Å². The highest BCUT2D eigenvalue weighted by atomic mass is 32.1. The standard InChI is InChI=1S/C13H15N3S/c1-16(9-10-5-3-2-4-6-10)13-14-12(15-17-13)11-7-8-11/h2-6,11H,7-9H2,1H3. The van der Waals surface area contributed by atoms with E-state index in [0.29, 0.717) is 5.92 Å². The van der Waals surface area contributed by atoms with Crippen LogP contribution in [0, 0.1) is 0 Å². The van der Waals surface area contributed by atoms with Gasteiger partial charge in [0, 0.05) is 31.0 Å². The lowest BCUT2D eigenvalue weighted by Crippen LogP contribution is -2.15. The molecule has 2 aromatic rings. The molecule has 17 heavy (non-hydrogen) atoms. The number of hydrogen-bond acceptors (Lipinski definition) is 4. The summed E-state index contributed by atoms with van der Waals surface area (Å²) in [6.07, 6.45) is 2.52. The molecule has 1 aliphatic rings. The SMILES string of the molecule is CN(Cc1ccccc1)c1nc(C2CC2)ns1. The van der Waals surface area contributed by atoms with Crippen LogP contribution in [0.15, 0.2) is 30.3 Å². The predicted octanol–water partition coefficient (Wildman–Crippen LogP) is 3.05. The van der Waals surface area contributed by atoms with Gasteiger partial charge in [0.1, 0.15) is 5.82 Å². The molecule has 1 aliphatic carbocycles. The molecule has 0 spiro atoms. The van der Waals surface area contributed by atoms with Gasteiger partial charge in [0.2, 0.25) is 5.13 Å². The second-order valence-electron chi connectivity index (χ2n) is 4.55. The predicted molar refractivity (Wildman–Crippen MR) is 70.4 cm³/mol. The first-order chi connectivity index (χ1) is 8.33. The number of aromatic nitrogens is 2. The van der Waals surface area contributed by atoms with Crippen molar-refractivity contribution in [2.45, 2.75) is 25.3 Å². The van der Waals surface area contributed by atoms with Crippen LogP contribution in [0.5, 0.6) is 0 Å². The van der Waals surface area contributed by atoms with E-state index in [9.17, 15) is 0 Å². The third-order valence-corrected chi connectivity index (χ3v) is 3.81. The van der Waals surface area contributed by atoms with Crippen LogP contribution in [0.4, 0.5) is 5.13 Å². The molecule has 0 radical (unpaired) electrons. The second kappa shape index (κ2) is 4.45. The van der Waals surface area contributed by atoms with E-state index in [4.69, 9.17) is 0 Å². The van der Waals surface area contributed by atoms with Gasteiger partial charge in [-0.25, -0.2) is 4.98 Å². The maximum Gasteiger partial charge on any atom is 0.205 e. The van der Waals surface area contributed by atoms with E-state index >= 15 is 0 Å². The Bertz CT molecular complexity index is 490. The van der Waals surface area contributed by atoms with E-state index in [2.05, 4.69) is 45.6 Å². The summed E-state index contributed by atoms with van der Waals surface area (Å²) in [6, 6.07) is 10.5. The molecule has 0 bridgehead atoms. The van der Waals surface area contributed by atoms with Crippen molar-refractivity contribution in [3.63, 3.8) is 0 Å². The molecule has 3 rings (SSSR count). The summed E-state index contributed by atoms with van der Waals surface area (Å²) in [4.78, 5) is 6.77. The molecule has 4 heteroatoms. The Balaban J connectivity index is 1.70. The third kappa shape index (κ3) is 2.47. The Morgan fingerprint density at radius 3 is 2.76 bits per heavy atom. The quantitative estimate of drug-likeness (QED) is 0.829. The van der Waals surface area contributed by atoms with Crippen molar-refractivity contribution >= 4 is 16.7 Å². The van der Waals surface area contributed by atoms with E-state index in [1.807, 2.05) is 6.07 Å². The molecule has 1 heterocycles. The highest BCUT2D eigenvalue weighted by Gasteiger charge is 2.28. The minimum absolute atomic E-state index is 0.644. The lowest BCUT2D eigenvalue weighted by atomic mass is 10.2. The average molecular weight is 245 g/mol. The third-order valence-electron chi connectivity index (χ3n) is 2.96. The van der Waals surface area contributed by atoms with Crippen molar-refractivity contribution in [3.05, 3.63) is 41.7 Å². The first-order valence-corrected chi connectivity index (χ1v) is 6.69. The molecule has 3 nitrogen and oxygen atoms in total. The molecule has 0 saturated heterocycles. The maximum atomic E-state index is 4.60. The fourth-order valence-electron chi connectivity index (χ4n) is 1.81. The molecular formula is C13H15N3S. The molecule has 0 aliphatic heterocycles. The van der Waals surface area contributed by atoms with Crippen LogP contribution in [0.2, 0.25) is 0 Å². The average Bonchev–Trinajstić information content (AvgIpc) is 3.08. The van der Waals surface area contributed by atoms with Crippen molar-refractivity contribution in [2.75, 3.05) is 11.9 Å². The van der Waals surface area contributed by atoms with Crippen LogP contribution >= 0.6 is 11.5 Å². The normalized spacial score (nSPS) is 14.9. The number of anilines is 1. The minimum Gasteiger partial charge on any atom is -0.346 e. The zero-order valence-electron chi connectivity index (χ0n) is 9.84. The van der Waals surface area contributed by atoms with Crippen molar-refractivity contribution in [1.29, 1.82) is 0 Å². The molecule has 1 saturated carbocycles. The van der Waals surface area contributed by atoms with Gasteiger partial charge in [-0.3, -0.25) is 0 Å². The summed E-state index contributed by atoms with van der Waals surface area (Å²) in [6.45, 7) is 0.889. The van der Waals surface area contributed by atoms with Crippen LogP contribution in [0.25, 0.3) is 0 Å². The molecule has 0 atom stereocenters. The van der Waals surface area contributed by atoms with Crippen LogP contribution in [0.3, 0.4) is 0 Å². The zero-order valence-corrected chi connectivity index (χ0v) is 10.7. The topological polar surface area (TPSA) is 29.0 Å². The number of benzene rings is 1. The number of nitrogens with zero attached hydrogens (tertiary/aromatic N) is 3. The van der Waals surface area contributed by atoms with Crippen molar-refractivity contribution < 1.29 is 0 Å². The molecular weight excluding hydrogens is 230 g/mol. The molecule has 0 N–H and O–H groups in total. The Morgan fingerprint density at radius 1 is 1.29 bits per heavy atom. The van der Waals surface area contributed by atoms with Gasteiger partial charge >= 0.3 is 0 Å². The Morgan fingerprint density at radius 2 is 2.06 bits per heavy atom. The molecule has 0 unspecified atom stereocenters. The molecule has 1 fully saturated rings. The first kappa shape index (κ1) is 10.7. The molecule has 88 valence electrons. The fourth-order valence-corrected chi connectivity index (χ4v) is 2.52. The first-order valence-electron chi connectivity index (χ1n) is 5.91. The van der Waals surface area contributed by atoms with E-state index < -0.39 is 0 Å². The molecule has 1 aromatic carbocycles. The van der Waals surface area contributed by atoms with Gasteiger partial charge < -0.3 is 4.90 Å². The summed E-state index contributed by atoms with van der Waals surface area (Å²) >= 11 is 1.51. The Labute approximate surface area is 105 Å². The number of rotatable bonds is 4. The smallest absolute Gasteiger partial charge is 0.205 e. The molecule has 0 amide bonds. The second-order valence-corrected chi connectivity index (χ2v) is 5.28. The molecule has 1 aromatic heterocycles. The van der Waals surface area contributed by atoms with E-state index in [-0.39, 0.29) is 0 Å². The van der Waals surface area contributed by atoms with Crippen LogP contribution in [-0.2, 0) is 6.54 Å². The van der Waals surface area contributed by atoms with Gasteiger partial charge in [0.15, 0.2) is 0 Å². The monoisotopic (exact) mass is 245 g/mol. The summed E-state index contributed by atoms with van der Waals surface area (Å²) < 4.78 is 4.43. The van der Waals surface area contributed by atoms with Crippen molar-refractivity contribution in [2.24, 2.45) is 0 Å². The Kier molecular flexibility index (Phi) is 2.81. The summed E-state index contributed by atoms with van der Waals surface area (Å²) in [5.74, 6) is 1.69. The summed E-state index contributed by atoms with van der Waals surface area (Å²) in [7, 11) is 2.07. The van der Waals surface area contributed by atoms with E-state index in [1.165, 1.54) is 29.9 Å². The van der Waals surface area contributed by atoms with Crippen molar-refractivity contribution in [3.8, 4) is 0 Å². The fraction of sp³-hybridized carbons (Fsp3) is 0.385. The lowest BCUT2D eigenvalue weighted by molar-refractivity contribution is 0.895. The van der Waals surface area contributed by atoms with Crippen molar-refractivity contribution in [1.82, 2.24) is 9.36 Å². The van der Waals surface area contributed by atoms with Gasteiger partial charge in [-0.15, -0.1) is 0 Å².